The molecule has 1 aliphatic rings. The molecule has 1 heterocycles. The number of allylic oxidation sites excluding steroid dienone is 3. The van der Waals surface area contributed by atoms with Crippen molar-refractivity contribution in [3.8, 4) is 11.5 Å². The predicted octanol–water partition coefficient (Wildman–Crippen LogP) is 5.67. The molecule has 162 valence electrons. The minimum atomic E-state index is -0.379. The Hall–Kier alpha value is -2.11. The normalized spacial score (nSPS) is 19.1. The number of carbonyl (C=O) groups excluding carboxylic acids is 1. The van der Waals surface area contributed by atoms with Crippen molar-refractivity contribution in [3.63, 3.8) is 0 Å². The fraction of sp³-hybridized carbons (Fsp3) is 0.542. The zero-order valence-corrected chi connectivity index (χ0v) is 19.2. The molecule has 5 nitrogen and oxygen atoms in total. The SMILES string of the molecule is C/C=C/C(=O)/C=C/c1ccc(OC2CC(C)(C)N(O)C(C)(C)C2)c(OC)c1.CC. The Morgan fingerprint density at radius 3 is 2.21 bits per heavy atom. The molecular formula is C24H37NO4. The fourth-order valence-corrected chi connectivity index (χ4v) is 3.73. The van der Waals surface area contributed by atoms with Gasteiger partial charge >= 0.3 is 0 Å². The van der Waals surface area contributed by atoms with Crippen LogP contribution in [0.3, 0.4) is 0 Å². The average Bonchev–Trinajstić information content (AvgIpc) is 2.66. The van der Waals surface area contributed by atoms with Crippen LogP contribution < -0.4 is 9.47 Å². The minimum Gasteiger partial charge on any atom is -0.493 e. The highest BCUT2D eigenvalue weighted by molar-refractivity contribution is 6.01. The van der Waals surface area contributed by atoms with Gasteiger partial charge in [-0.3, -0.25) is 4.79 Å². The number of hydroxylamine groups is 2. The number of ketones is 1. The van der Waals surface area contributed by atoms with E-state index in [1.165, 1.54) is 17.2 Å². The number of ether oxygens (including phenoxy) is 2. The summed E-state index contributed by atoms with van der Waals surface area (Å²) >= 11 is 0. The number of rotatable bonds is 6. The van der Waals surface area contributed by atoms with Gasteiger partial charge in [0.25, 0.3) is 0 Å². The van der Waals surface area contributed by atoms with E-state index < -0.39 is 0 Å². The Morgan fingerprint density at radius 1 is 1.10 bits per heavy atom. The van der Waals surface area contributed by atoms with Crippen molar-refractivity contribution in [2.75, 3.05) is 7.11 Å². The molecule has 0 spiro atoms. The maximum Gasteiger partial charge on any atom is 0.178 e. The molecule has 1 aliphatic heterocycles. The number of nitrogens with zero attached hydrogens (tertiary/aromatic N) is 1. The van der Waals surface area contributed by atoms with Gasteiger partial charge in [0.15, 0.2) is 17.3 Å². The molecule has 0 unspecified atom stereocenters. The van der Waals surface area contributed by atoms with E-state index in [9.17, 15) is 10.0 Å². The molecule has 1 saturated heterocycles. The third-order valence-corrected chi connectivity index (χ3v) is 4.85. The van der Waals surface area contributed by atoms with Gasteiger partial charge in [0.05, 0.1) is 7.11 Å². The average molecular weight is 404 g/mol. The Morgan fingerprint density at radius 2 is 1.69 bits per heavy atom. The first-order valence-electron chi connectivity index (χ1n) is 10.3. The van der Waals surface area contributed by atoms with Gasteiger partial charge in [0.1, 0.15) is 6.10 Å². The lowest BCUT2D eigenvalue weighted by molar-refractivity contribution is -0.254. The summed E-state index contributed by atoms with van der Waals surface area (Å²) in [6.45, 7) is 13.9. The van der Waals surface area contributed by atoms with E-state index in [2.05, 4.69) is 0 Å². The molecule has 0 aliphatic carbocycles. The molecule has 0 bridgehead atoms. The Bertz CT molecular complexity index is 716. The smallest absolute Gasteiger partial charge is 0.178 e. The first-order chi connectivity index (χ1) is 13.6. The summed E-state index contributed by atoms with van der Waals surface area (Å²) in [6, 6.07) is 5.62. The predicted molar refractivity (Wildman–Crippen MR) is 119 cm³/mol. The number of hydrogen-bond acceptors (Lipinski definition) is 5. The quantitative estimate of drug-likeness (QED) is 0.620. The van der Waals surface area contributed by atoms with E-state index in [0.29, 0.717) is 24.3 Å². The van der Waals surface area contributed by atoms with Crippen molar-refractivity contribution in [2.24, 2.45) is 0 Å². The summed E-state index contributed by atoms with van der Waals surface area (Å²) in [5.74, 6) is 1.23. The maximum atomic E-state index is 11.6. The third-order valence-electron chi connectivity index (χ3n) is 4.85. The number of hydrogen-bond donors (Lipinski definition) is 1. The van der Waals surface area contributed by atoms with Crippen LogP contribution in [0.5, 0.6) is 11.5 Å². The Kier molecular flexibility index (Phi) is 9.12. The van der Waals surface area contributed by atoms with Crippen LogP contribution in [0.25, 0.3) is 6.08 Å². The molecule has 2 rings (SSSR count). The maximum absolute atomic E-state index is 11.6. The van der Waals surface area contributed by atoms with Crippen molar-refractivity contribution in [3.05, 3.63) is 42.0 Å². The molecule has 1 N–H and O–H groups in total. The van der Waals surface area contributed by atoms with Crippen LogP contribution in [0.1, 0.15) is 66.9 Å². The van der Waals surface area contributed by atoms with Crippen LogP contribution in [-0.2, 0) is 4.79 Å². The van der Waals surface area contributed by atoms with E-state index in [0.717, 1.165) is 5.56 Å². The molecule has 0 amide bonds. The lowest BCUT2D eigenvalue weighted by Gasteiger charge is -2.51. The van der Waals surface area contributed by atoms with E-state index in [1.807, 2.05) is 66.7 Å². The number of carbonyl (C=O) groups is 1. The van der Waals surface area contributed by atoms with Gasteiger partial charge in [-0.15, -0.1) is 0 Å². The zero-order chi connectivity index (χ0) is 22.2. The molecule has 0 radical (unpaired) electrons. The standard InChI is InChI=1S/C22H31NO4.C2H6/c1-7-8-17(24)11-9-16-10-12-19(20(13-16)26-6)27-18-14-21(2,3)23(25)22(4,5)15-18;1-2/h7-13,18,25H,14-15H2,1-6H3;1-2H3/b8-7+,11-9+;. The van der Waals surface area contributed by atoms with Crippen LogP contribution in [0.4, 0.5) is 0 Å². The third kappa shape index (κ3) is 6.72. The summed E-state index contributed by atoms with van der Waals surface area (Å²) in [5, 5.41) is 11.9. The first kappa shape index (κ1) is 24.9. The second kappa shape index (κ2) is 10.6. The van der Waals surface area contributed by atoms with Gasteiger partial charge in [-0.1, -0.05) is 32.1 Å². The highest BCUT2D eigenvalue weighted by Crippen LogP contribution is 2.40. The highest BCUT2D eigenvalue weighted by Gasteiger charge is 2.46. The van der Waals surface area contributed by atoms with Crippen LogP contribution in [-0.4, -0.2) is 40.3 Å². The van der Waals surface area contributed by atoms with E-state index in [-0.39, 0.29) is 23.0 Å². The monoisotopic (exact) mass is 403 g/mol. The topological polar surface area (TPSA) is 59.0 Å². The van der Waals surface area contributed by atoms with Gasteiger partial charge in [0, 0.05) is 23.9 Å². The highest BCUT2D eigenvalue weighted by atomic mass is 16.5. The molecule has 1 aromatic carbocycles. The van der Waals surface area contributed by atoms with Gasteiger partial charge in [-0.25, -0.2) is 0 Å². The molecular weight excluding hydrogens is 366 g/mol. The molecule has 5 heteroatoms. The number of methoxy groups -OCH3 is 1. The first-order valence-corrected chi connectivity index (χ1v) is 10.3. The van der Waals surface area contributed by atoms with Crippen LogP contribution in [0.2, 0.25) is 0 Å². The number of piperidine rings is 1. The van der Waals surface area contributed by atoms with Crippen LogP contribution >= 0.6 is 0 Å². The Balaban J connectivity index is 0.00000204. The summed E-state index contributed by atoms with van der Waals surface area (Å²) in [6.07, 6.45) is 7.88. The van der Waals surface area contributed by atoms with Crippen molar-refractivity contribution in [2.45, 2.75) is 78.5 Å². The van der Waals surface area contributed by atoms with E-state index >= 15 is 0 Å². The summed E-state index contributed by atoms with van der Waals surface area (Å²) in [7, 11) is 1.60. The zero-order valence-electron chi connectivity index (χ0n) is 19.2. The molecule has 1 fully saturated rings. The second-order valence-corrected chi connectivity index (χ2v) is 8.23. The van der Waals surface area contributed by atoms with Gasteiger partial charge in [-0.05, 0) is 64.5 Å². The van der Waals surface area contributed by atoms with Crippen LogP contribution in [0, 0.1) is 0 Å². The molecule has 29 heavy (non-hydrogen) atoms. The lowest BCUT2D eigenvalue weighted by Crippen LogP contribution is -2.61. The van der Waals surface area contributed by atoms with Crippen LogP contribution in [0.15, 0.2) is 36.4 Å². The van der Waals surface area contributed by atoms with Crippen molar-refractivity contribution < 1.29 is 19.5 Å². The van der Waals surface area contributed by atoms with Gasteiger partial charge in [-0.2, -0.15) is 5.06 Å². The molecule has 1 aromatic rings. The summed E-state index contributed by atoms with van der Waals surface area (Å²) in [4.78, 5) is 11.6. The molecule has 0 aromatic heterocycles. The van der Waals surface area contributed by atoms with Crippen molar-refractivity contribution >= 4 is 11.9 Å². The second-order valence-electron chi connectivity index (χ2n) is 8.23. The van der Waals surface area contributed by atoms with Gasteiger partial charge < -0.3 is 14.7 Å². The lowest BCUT2D eigenvalue weighted by atomic mass is 9.80. The largest absolute Gasteiger partial charge is 0.493 e. The molecule has 0 saturated carbocycles. The van der Waals surface area contributed by atoms with Crippen molar-refractivity contribution in [1.29, 1.82) is 0 Å². The summed E-state index contributed by atoms with van der Waals surface area (Å²) in [5.41, 5.74) is 0.105. The van der Waals surface area contributed by atoms with E-state index in [1.54, 1.807) is 19.3 Å². The fourth-order valence-electron chi connectivity index (χ4n) is 3.73. The van der Waals surface area contributed by atoms with E-state index in [4.69, 9.17) is 9.47 Å². The Labute approximate surface area is 176 Å². The van der Waals surface area contributed by atoms with Crippen molar-refractivity contribution in [1.82, 2.24) is 5.06 Å². The molecule has 0 atom stereocenters. The van der Waals surface area contributed by atoms with Gasteiger partial charge in [0.2, 0.25) is 0 Å². The summed E-state index contributed by atoms with van der Waals surface area (Å²) < 4.78 is 11.7. The minimum absolute atomic E-state index is 0.0371. The number of benzene rings is 1.